The molecule has 3 nitrogen and oxygen atoms in total. The van der Waals surface area contributed by atoms with E-state index in [1.165, 1.54) is 0 Å². The summed E-state index contributed by atoms with van der Waals surface area (Å²) in [6, 6.07) is 5.09. The van der Waals surface area contributed by atoms with E-state index >= 15 is 0 Å². The largest absolute Gasteiger partial charge is 0.495 e. The minimum Gasteiger partial charge on any atom is -0.495 e. The van der Waals surface area contributed by atoms with E-state index in [1.807, 2.05) is 0 Å². The van der Waals surface area contributed by atoms with Gasteiger partial charge in [-0.2, -0.15) is 0 Å². The summed E-state index contributed by atoms with van der Waals surface area (Å²) in [5, 5.41) is 9.87. The molecule has 0 bridgehead atoms. The fourth-order valence-electron chi connectivity index (χ4n) is 1.03. The second-order valence-corrected chi connectivity index (χ2v) is 3.05. The number of aliphatic hydroxyl groups is 1. The van der Waals surface area contributed by atoms with Crippen LogP contribution in [0.2, 0.25) is 5.02 Å². The third-order valence-electron chi connectivity index (χ3n) is 1.78. The van der Waals surface area contributed by atoms with E-state index in [2.05, 4.69) is 0 Å². The maximum atomic E-state index is 9.39. The lowest BCUT2D eigenvalue weighted by Gasteiger charge is -2.09. The van der Waals surface area contributed by atoms with Crippen molar-refractivity contribution in [3.8, 4) is 5.75 Å². The number of methoxy groups -OCH3 is 1. The summed E-state index contributed by atoms with van der Waals surface area (Å²) in [5.74, 6) is 0.592. The molecule has 0 unspecified atom stereocenters. The third-order valence-corrected chi connectivity index (χ3v) is 2.08. The van der Waals surface area contributed by atoms with Crippen LogP contribution in [0.1, 0.15) is 11.7 Å². The Hall–Kier alpha value is -0.770. The molecule has 13 heavy (non-hydrogen) atoms. The van der Waals surface area contributed by atoms with E-state index in [4.69, 9.17) is 22.1 Å². The first kappa shape index (κ1) is 10.3. The van der Waals surface area contributed by atoms with Crippen LogP contribution < -0.4 is 10.5 Å². The predicted molar refractivity (Wildman–Crippen MR) is 52.0 cm³/mol. The summed E-state index contributed by atoms with van der Waals surface area (Å²) in [5.41, 5.74) is 6.00. The Morgan fingerprint density at radius 1 is 1.62 bits per heavy atom. The van der Waals surface area contributed by atoms with Crippen LogP contribution in [0.15, 0.2) is 18.2 Å². The van der Waals surface area contributed by atoms with Gasteiger partial charge in [-0.1, -0.05) is 17.7 Å². The van der Waals surface area contributed by atoms with Gasteiger partial charge in [0.25, 0.3) is 0 Å². The molecule has 1 aromatic rings. The van der Waals surface area contributed by atoms with Crippen molar-refractivity contribution in [1.29, 1.82) is 0 Å². The first-order valence-corrected chi connectivity index (χ1v) is 4.28. The Kier molecular flexibility index (Phi) is 3.54. The van der Waals surface area contributed by atoms with Crippen molar-refractivity contribution >= 4 is 11.6 Å². The van der Waals surface area contributed by atoms with Crippen molar-refractivity contribution in [1.82, 2.24) is 0 Å². The van der Waals surface area contributed by atoms with E-state index in [9.17, 15) is 5.11 Å². The molecule has 0 aliphatic rings. The van der Waals surface area contributed by atoms with Gasteiger partial charge in [-0.05, 0) is 17.7 Å². The zero-order valence-corrected chi connectivity index (χ0v) is 8.08. The van der Waals surface area contributed by atoms with Crippen LogP contribution in [0.4, 0.5) is 0 Å². The molecule has 0 saturated heterocycles. The summed E-state index contributed by atoms with van der Waals surface area (Å²) in [4.78, 5) is 0. The van der Waals surface area contributed by atoms with Gasteiger partial charge >= 0.3 is 0 Å². The molecule has 4 heteroatoms. The van der Waals surface area contributed by atoms with Gasteiger partial charge in [-0.15, -0.1) is 0 Å². The molecular formula is C9H12ClNO2. The van der Waals surface area contributed by atoms with Gasteiger partial charge in [0.15, 0.2) is 0 Å². The molecule has 0 amide bonds. The molecule has 0 fully saturated rings. The monoisotopic (exact) mass is 201 g/mol. The number of rotatable bonds is 3. The predicted octanol–water partition coefficient (Wildman–Crippen LogP) is 1.34. The van der Waals surface area contributed by atoms with E-state index in [1.54, 1.807) is 25.3 Å². The SMILES string of the molecule is COc1ccc([C@H](O)CN)cc1Cl. The lowest BCUT2D eigenvalue weighted by molar-refractivity contribution is 0.186. The Morgan fingerprint density at radius 2 is 2.31 bits per heavy atom. The number of benzene rings is 1. The molecule has 0 spiro atoms. The number of hydrogen-bond donors (Lipinski definition) is 2. The number of halogens is 1. The zero-order valence-electron chi connectivity index (χ0n) is 7.33. The van der Waals surface area contributed by atoms with Crippen molar-refractivity contribution in [2.75, 3.05) is 13.7 Å². The quantitative estimate of drug-likeness (QED) is 0.776. The Bertz CT molecular complexity index is 291. The van der Waals surface area contributed by atoms with Crippen LogP contribution >= 0.6 is 11.6 Å². The Balaban J connectivity index is 2.95. The topological polar surface area (TPSA) is 55.5 Å². The van der Waals surface area contributed by atoms with Crippen molar-refractivity contribution in [2.45, 2.75) is 6.10 Å². The first-order valence-electron chi connectivity index (χ1n) is 3.90. The molecular weight excluding hydrogens is 190 g/mol. The minimum absolute atomic E-state index is 0.183. The van der Waals surface area contributed by atoms with E-state index < -0.39 is 6.10 Å². The fourth-order valence-corrected chi connectivity index (χ4v) is 1.29. The second kappa shape index (κ2) is 4.46. The Morgan fingerprint density at radius 3 is 2.77 bits per heavy atom. The smallest absolute Gasteiger partial charge is 0.137 e. The summed E-state index contributed by atoms with van der Waals surface area (Å²) in [7, 11) is 1.54. The summed E-state index contributed by atoms with van der Waals surface area (Å²) in [6.07, 6.45) is -0.664. The second-order valence-electron chi connectivity index (χ2n) is 2.65. The average molecular weight is 202 g/mol. The molecule has 0 radical (unpaired) electrons. The van der Waals surface area contributed by atoms with Crippen LogP contribution in [0.5, 0.6) is 5.75 Å². The highest BCUT2D eigenvalue weighted by Gasteiger charge is 2.07. The number of ether oxygens (including phenoxy) is 1. The first-order chi connectivity index (χ1) is 6.19. The molecule has 1 aromatic carbocycles. The zero-order chi connectivity index (χ0) is 9.84. The normalized spacial score (nSPS) is 12.6. The van der Waals surface area contributed by atoms with E-state index in [-0.39, 0.29) is 6.54 Å². The molecule has 0 heterocycles. The standard InChI is InChI=1S/C9H12ClNO2/c1-13-9-3-2-6(4-7(9)10)8(12)5-11/h2-4,8,12H,5,11H2,1H3/t8-/m1/s1. The maximum Gasteiger partial charge on any atom is 0.137 e. The third kappa shape index (κ3) is 2.34. The lowest BCUT2D eigenvalue weighted by atomic mass is 10.1. The van der Waals surface area contributed by atoms with Crippen LogP contribution in [0.25, 0.3) is 0 Å². The van der Waals surface area contributed by atoms with Gasteiger partial charge in [0.1, 0.15) is 5.75 Å². The van der Waals surface area contributed by atoms with Gasteiger partial charge < -0.3 is 15.6 Å². The highest BCUT2D eigenvalue weighted by Crippen LogP contribution is 2.27. The highest BCUT2D eigenvalue weighted by molar-refractivity contribution is 6.32. The van der Waals surface area contributed by atoms with Crippen LogP contribution in [-0.4, -0.2) is 18.8 Å². The van der Waals surface area contributed by atoms with Crippen molar-refractivity contribution in [2.24, 2.45) is 5.73 Å². The lowest BCUT2D eigenvalue weighted by Crippen LogP contribution is -2.11. The molecule has 0 aliphatic carbocycles. The molecule has 0 saturated carbocycles. The van der Waals surface area contributed by atoms with Crippen molar-refractivity contribution < 1.29 is 9.84 Å². The summed E-state index contributed by atoms with van der Waals surface area (Å²) < 4.78 is 4.97. The van der Waals surface area contributed by atoms with Gasteiger partial charge in [0.2, 0.25) is 0 Å². The number of nitrogens with two attached hydrogens (primary N) is 1. The summed E-state index contributed by atoms with van der Waals surface area (Å²) in [6.45, 7) is 0.183. The molecule has 1 rings (SSSR count). The van der Waals surface area contributed by atoms with Crippen molar-refractivity contribution in [3.05, 3.63) is 28.8 Å². The van der Waals surface area contributed by atoms with Gasteiger partial charge in [-0.3, -0.25) is 0 Å². The van der Waals surface area contributed by atoms with Crippen molar-refractivity contribution in [3.63, 3.8) is 0 Å². The Labute approximate surface area is 82.1 Å². The van der Waals surface area contributed by atoms with Gasteiger partial charge in [0.05, 0.1) is 18.2 Å². The molecule has 72 valence electrons. The summed E-state index contributed by atoms with van der Waals surface area (Å²) >= 11 is 5.85. The fraction of sp³-hybridized carbons (Fsp3) is 0.333. The molecule has 3 N–H and O–H groups in total. The minimum atomic E-state index is -0.664. The van der Waals surface area contributed by atoms with Crippen LogP contribution in [-0.2, 0) is 0 Å². The number of aliphatic hydroxyl groups excluding tert-OH is 1. The van der Waals surface area contributed by atoms with Gasteiger partial charge in [-0.25, -0.2) is 0 Å². The highest BCUT2D eigenvalue weighted by atomic mass is 35.5. The molecule has 0 aliphatic heterocycles. The van der Waals surface area contributed by atoms with Gasteiger partial charge in [0, 0.05) is 6.54 Å². The van der Waals surface area contributed by atoms with E-state index in [0.717, 1.165) is 0 Å². The van der Waals surface area contributed by atoms with Crippen LogP contribution in [0.3, 0.4) is 0 Å². The average Bonchev–Trinajstić information content (AvgIpc) is 2.16. The molecule has 0 aromatic heterocycles. The maximum absolute atomic E-state index is 9.39. The molecule has 1 atom stereocenters. The number of hydrogen-bond acceptors (Lipinski definition) is 3. The van der Waals surface area contributed by atoms with E-state index in [0.29, 0.717) is 16.3 Å². The van der Waals surface area contributed by atoms with Crippen LogP contribution in [0, 0.1) is 0 Å².